The molecule has 3 aromatic rings. The van der Waals surface area contributed by atoms with E-state index in [0.717, 1.165) is 53.9 Å². The SMILES string of the molecule is C[C@@H]1CCCC[C@H](C[C@@H](C)N2[C@@H]3CC[C@H]2CC(n2c(=O)c(-n4ncc(=O)[nH]c4=O)nc4ccccc42)C3)C1. The highest BCUT2D eigenvalue weighted by Gasteiger charge is 2.44. The number of rotatable bonds is 5. The summed E-state index contributed by atoms with van der Waals surface area (Å²) >= 11 is 0. The predicted molar refractivity (Wildman–Crippen MR) is 147 cm³/mol. The van der Waals surface area contributed by atoms with Crippen molar-refractivity contribution in [2.75, 3.05) is 0 Å². The topological polar surface area (TPSA) is 106 Å². The second-order valence-corrected chi connectivity index (χ2v) is 12.0. The highest BCUT2D eigenvalue weighted by Crippen LogP contribution is 2.44. The number of para-hydroxylation sites is 2. The molecule has 1 unspecified atom stereocenters. The molecule has 0 spiro atoms. The van der Waals surface area contributed by atoms with Crippen molar-refractivity contribution in [3.8, 4) is 5.82 Å². The molecule has 2 aromatic heterocycles. The monoisotopic (exact) mass is 518 g/mol. The van der Waals surface area contributed by atoms with E-state index in [4.69, 9.17) is 0 Å². The molecule has 1 aliphatic carbocycles. The maximum atomic E-state index is 13.9. The number of H-pyrrole nitrogens is 1. The lowest BCUT2D eigenvalue weighted by molar-refractivity contribution is 0.0562. The second kappa shape index (κ2) is 10.2. The maximum Gasteiger partial charge on any atom is 0.351 e. The highest BCUT2D eigenvalue weighted by molar-refractivity contribution is 5.75. The normalized spacial score (nSPS) is 28.8. The summed E-state index contributed by atoms with van der Waals surface area (Å²) in [6.45, 7) is 4.83. The van der Waals surface area contributed by atoms with Crippen LogP contribution >= 0.6 is 0 Å². The summed E-state index contributed by atoms with van der Waals surface area (Å²) in [5.41, 5.74) is -0.308. The minimum absolute atomic E-state index is 0.0199. The Bertz CT molecular complexity index is 1480. The fourth-order valence-corrected chi connectivity index (χ4v) is 7.81. The summed E-state index contributed by atoms with van der Waals surface area (Å²) in [7, 11) is 0. The van der Waals surface area contributed by atoms with E-state index >= 15 is 0 Å². The van der Waals surface area contributed by atoms with E-state index in [1.807, 2.05) is 28.8 Å². The van der Waals surface area contributed by atoms with Crippen LogP contribution in [0.15, 0.2) is 44.8 Å². The van der Waals surface area contributed by atoms with Gasteiger partial charge in [-0.25, -0.2) is 9.78 Å². The van der Waals surface area contributed by atoms with Gasteiger partial charge < -0.3 is 4.57 Å². The quantitative estimate of drug-likeness (QED) is 0.515. The molecule has 9 heteroatoms. The largest absolute Gasteiger partial charge is 0.351 e. The summed E-state index contributed by atoms with van der Waals surface area (Å²) in [6.07, 6.45) is 13.2. The Hall–Kier alpha value is -3.07. The van der Waals surface area contributed by atoms with Gasteiger partial charge in [-0.3, -0.25) is 19.5 Å². The second-order valence-electron chi connectivity index (χ2n) is 12.0. The molecular weight excluding hydrogens is 480 g/mol. The Labute approximate surface area is 221 Å². The molecular formula is C29H38N6O3. The molecule has 1 aromatic carbocycles. The average molecular weight is 519 g/mol. The third-order valence-electron chi connectivity index (χ3n) is 9.30. The highest BCUT2D eigenvalue weighted by atomic mass is 16.2. The minimum atomic E-state index is -0.763. The molecule has 1 N–H and O–H groups in total. The van der Waals surface area contributed by atoms with E-state index in [-0.39, 0.29) is 17.4 Å². The van der Waals surface area contributed by atoms with Gasteiger partial charge in [0.15, 0.2) is 0 Å². The number of aromatic amines is 1. The number of hydrogen-bond acceptors (Lipinski definition) is 6. The van der Waals surface area contributed by atoms with Gasteiger partial charge in [0, 0.05) is 24.2 Å². The molecule has 9 nitrogen and oxygen atoms in total. The number of aromatic nitrogens is 5. The summed E-state index contributed by atoms with van der Waals surface area (Å²) in [5.74, 6) is 1.58. The molecule has 6 atom stereocenters. The number of piperidine rings is 1. The van der Waals surface area contributed by atoms with Crippen molar-refractivity contribution in [1.82, 2.24) is 29.2 Å². The van der Waals surface area contributed by atoms with Crippen LogP contribution in [0.5, 0.6) is 0 Å². The van der Waals surface area contributed by atoms with Crippen LogP contribution < -0.4 is 16.8 Å². The lowest BCUT2D eigenvalue weighted by Gasteiger charge is -2.44. The number of fused-ring (bicyclic) bond motifs is 3. The van der Waals surface area contributed by atoms with Crippen LogP contribution in [0, 0.1) is 11.8 Å². The van der Waals surface area contributed by atoms with Crippen LogP contribution in [0.1, 0.15) is 84.1 Å². The first kappa shape index (κ1) is 25.2. The lowest BCUT2D eigenvalue weighted by atomic mass is 9.87. The van der Waals surface area contributed by atoms with Crippen LogP contribution in [-0.4, -0.2) is 47.3 Å². The van der Waals surface area contributed by atoms with Crippen molar-refractivity contribution in [1.29, 1.82) is 0 Å². The molecule has 38 heavy (non-hydrogen) atoms. The van der Waals surface area contributed by atoms with Crippen molar-refractivity contribution in [3.63, 3.8) is 0 Å². The van der Waals surface area contributed by atoms with Crippen LogP contribution in [-0.2, 0) is 0 Å². The van der Waals surface area contributed by atoms with Gasteiger partial charge in [0.1, 0.15) is 6.20 Å². The van der Waals surface area contributed by atoms with E-state index in [2.05, 4.69) is 33.8 Å². The molecule has 0 radical (unpaired) electrons. The van der Waals surface area contributed by atoms with Crippen molar-refractivity contribution in [2.45, 2.75) is 102 Å². The summed E-state index contributed by atoms with van der Waals surface area (Å²) in [5, 5.41) is 3.92. The smallest absolute Gasteiger partial charge is 0.300 e. The van der Waals surface area contributed by atoms with Gasteiger partial charge in [0.25, 0.3) is 11.1 Å². The third-order valence-corrected chi connectivity index (χ3v) is 9.30. The molecule has 1 saturated carbocycles. The van der Waals surface area contributed by atoms with Crippen molar-refractivity contribution < 1.29 is 0 Å². The van der Waals surface area contributed by atoms with Gasteiger partial charge >= 0.3 is 5.69 Å². The molecule has 2 aliphatic heterocycles. The van der Waals surface area contributed by atoms with E-state index in [9.17, 15) is 14.4 Å². The van der Waals surface area contributed by atoms with Gasteiger partial charge in [0.2, 0.25) is 5.82 Å². The molecule has 2 bridgehead atoms. The Morgan fingerprint density at radius 2 is 1.71 bits per heavy atom. The molecule has 0 amide bonds. The van der Waals surface area contributed by atoms with Crippen LogP contribution in [0.3, 0.4) is 0 Å². The van der Waals surface area contributed by atoms with E-state index in [1.165, 1.54) is 38.5 Å². The zero-order valence-electron chi connectivity index (χ0n) is 22.4. The third kappa shape index (κ3) is 4.65. The van der Waals surface area contributed by atoms with E-state index < -0.39 is 11.2 Å². The summed E-state index contributed by atoms with van der Waals surface area (Å²) in [4.78, 5) is 47.4. The van der Waals surface area contributed by atoms with Crippen LogP contribution in [0.4, 0.5) is 0 Å². The standard InChI is InChI=1S/C29H38N6O3/c1-18-7-3-4-8-20(13-18)14-19(2)33-21-11-12-22(33)16-23(15-21)34-25-10-6-5-9-24(25)31-27(28(34)37)35-29(38)32-26(36)17-30-35/h5-6,9-10,17-23H,3-4,7-8,11-16H2,1-2H3,(H,32,36,38)/t18-,19-,20+,21-,22+,23?/m1/s1. The Balaban J connectivity index is 1.31. The summed E-state index contributed by atoms with van der Waals surface area (Å²) < 4.78 is 2.75. The first-order chi connectivity index (χ1) is 18.4. The number of nitrogens with one attached hydrogen (secondary N) is 1. The number of hydrogen-bond donors (Lipinski definition) is 1. The Kier molecular flexibility index (Phi) is 6.80. The van der Waals surface area contributed by atoms with Gasteiger partial charge in [-0.1, -0.05) is 44.7 Å². The molecule has 202 valence electrons. The fourth-order valence-electron chi connectivity index (χ4n) is 7.81. The minimum Gasteiger partial charge on any atom is -0.300 e. The Morgan fingerprint density at radius 1 is 0.974 bits per heavy atom. The van der Waals surface area contributed by atoms with E-state index in [0.29, 0.717) is 23.6 Å². The fraction of sp³-hybridized carbons (Fsp3) is 0.621. The molecule has 2 saturated heterocycles. The van der Waals surface area contributed by atoms with Gasteiger partial charge in [0.05, 0.1) is 11.0 Å². The van der Waals surface area contributed by atoms with Gasteiger partial charge in [-0.05, 0) is 69.4 Å². The van der Waals surface area contributed by atoms with E-state index in [1.54, 1.807) is 0 Å². The zero-order valence-corrected chi connectivity index (χ0v) is 22.4. The molecule has 3 fully saturated rings. The molecule has 4 heterocycles. The number of benzene rings is 1. The van der Waals surface area contributed by atoms with Crippen LogP contribution in [0.2, 0.25) is 0 Å². The van der Waals surface area contributed by atoms with Crippen molar-refractivity contribution in [3.05, 3.63) is 61.7 Å². The Morgan fingerprint density at radius 3 is 2.47 bits per heavy atom. The predicted octanol–water partition coefficient (Wildman–Crippen LogP) is 3.79. The van der Waals surface area contributed by atoms with Gasteiger partial charge in [-0.2, -0.15) is 9.78 Å². The molecule has 3 aliphatic rings. The number of nitrogens with zero attached hydrogens (tertiary/aromatic N) is 5. The van der Waals surface area contributed by atoms with Gasteiger partial charge in [-0.15, -0.1) is 0 Å². The van der Waals surface area contributed by atoms with Crippen molar-refractivity contribution in [2.24, 2.45) is 11.8 Å². The van der Waals surface area contributed by atoms with Crippen molar-refractivity contribution >= 4 is 11.0 Å². The first-order valence-electron chi connectivity index (χ1n) is 14.4. The summed E-state index contributed by atoms with van der Waals surface area (Å²) in [6, 6.07) is 9.05. The first-order valence-corrected chi connectivity index (χ1v) is 14.4. The lowest BCUT2D eigenvalue weighted by Crippen LogP contribution is -2.50. The van der Waals surface area contributed by atoms with Crippen LogP contribution in [0.25, 0.3) is 16.9 Å². The average Bonchev–Trinajstić information content (AvgIpc) is 3.02. The maximum absolute atomic E-state index is 13.9. The molecule has 6 rings (SSSR count). The zero-order chi connectivity index (χ0) is 26.4.